The first-order valence-corrected chi connectivity index (χ1v) is 6.83. The van der Waals surface area contributed by atoms with E-state index in [9.17, 15) is 9.59 Å². The van der Waals surface area contributed by atoms with Crippen LogP contribution < -0.4 is 5.32 Å². The van der Waals surface area contributed by atoms with Gasteiger partial charge in [-0.05, 0) is 19.1 Å². The molecule has 0 fully saturated rings. The lowest BCUT2D eigenvalue weighted by Crippen LogP contribution is -2.38. The van der Waals surface area contributed by atoms with E-state index in [1.807, 2.05) is 30.3 Å². The number of alkyl halides is 1. The summed E-state index contributed by atoms with van der Waals surface area (Å²) in [6.07, 6.45) is 0. The highest BCUT2D eigenvalue weighted by molar-refractivity contribution is 8.00. The molecule has 0 aliphatic heterocycles. The summed E-state index contributed by atoms with van der Waals surface area (Å²) in [4.78, 5) is 23.7. The van der Waals surface area contributed by atoms with Crippen molar-refractivity contribution in [3.8, 4) is 0 Å². The van der Waals surface area contributed by atoms with Crippen LogP contribution in [0.5, 0.6) is 0 Å². The van der Waals surface area contributed by atoms with Gasteiger partial charge in [0.25, 0.3) is 0 Å². The first-order valence-electron chi connectivity index (χ1n) is 5.41. The quantitative estimate of drug-likeness (QED) is 0.376. The van der Waals surface area contributed by atoms with Gasteiger partial charge in [0.2, 0.25) is 11.4 Å². The van der Waals surface area contributed by atoms with Crippen molar-refractivity contribution in [2.75, 3.05) is 12.4 Å². The summed E-state index contributed by atoms with van der Waals surface area (Å²) < 4.78 is 4.67. The van der Waals surface area contributed by atoms with Crippen LogP contribution in [-0.4, -0.2) is 29.7 Å². The summed E-state index contributed by atoms with van der Waals surface area (Å²) in [6.45, 7) is 1.91. The maximum absolute atomic E-state index is 11.5. The van der Waals surface area contributed by atoms with E-state index in [1.54, 1.807) is 6.92 Å². The number of carbonyl (C=O) groups excluding carboxylic acids is 2. The number of rotatable bonds is 6. The van der Waals surface area contributed by atoms with Gasteiger partial charge in [0.15, 0.2) is 0 Å². The van der Waals surface area contributed by atoms with Crippen LogP contribution in [0.1, 0.15) is 6.92 Å². The highest BCUT2D eigenvalue weighted by Crippen LogP contribution is 2.16. The zero-order valence-electron chi connectivity index (χ0n) is 9.89. The summed E-state index contributed by atoms with van der Waals surface area (Å²) in [5.74, 6) is -0.749. The molecule has 1 unspecified atom stereocenters. The average molecular weight is 288 g/mol. The second-order valence-corrected chi connectivity index (χ2v) is 4.77. The maximum Gasteiger partial charge on any atom is 0.344 e. The maximum atomic E-state index is 11.5. The molecule has 0 bridgehead atoms. The summed E-state index contributed by atoms with van der Waals surface area (Å²) in [5.41, 5.74) is -1.13. The van der Waals surface area contributed by atoms with Gasteiger partial charge in [-0.25, -0.2) is 4.79 Å². The molecular formula is C12H14ClNO3S. The molecule has 98 valence electrons. The van der Waals surface area contributed by atoms with E-state index >= 15 is 0 Å². The first-order chi connectivity index (χ1) is 8.63. The van der Waals surface area contributed by atoms with Gasteiger partial charge < -0.3 is 10.1 Å². The van der Waals surface area contributed by atoms with Crippen molar-refractivity contribution in [1.29, 1.82) is 0 Å². The van der Waals surface area contributed by atoms with E-state index in [2.05, 4.69) is 10.1 Å². The molecule has 0 aromatic heterocycles. The second kappa shape index (κ2) is 8.00. The summed E-state index contributed by atoms with van der Waals surface area (Å²) in [7, 11) is 0. The third-order valence-corrected chi connectivity index (χ3v) is 3.19. The minimum absolute atomic E-state index is 0.201. The minimum atomic E-state index is -1.13. The number of thioether (sulfide) groups is 1. The van der Waals surface area contributed by atoms with Crippen LogP contribution >= 0.6 is 23.4 Å². The van der Waals surface area contributed by atoms with Crippen LogP contribution in [0.25, 0.3) is 0 Å². The van der Waals surface area contributed by atoms with Gasteiger partial charge in [-0.2, -0.15) is 0 Å². The molecule has 0 saturated carbocycles. The molecule has 1 rings (SSSR count). The topological polar surface area (TPSA) is 55.4 Å². The molecule has 1 N–H and O–H groups in total. The largest absolute Gasteiger partial charge is 0.464 e. The Kier molecular flexibility index (Phi) is 6.60. The predicted octanol–water partition coefficient (Wildman–Crippen LogP) is 2.02. The van der Waals surface area contributed by atoms with Gasteiger partial charge in [-0.1, -0.05) is 29.8 Å². The van der Waals surface area contributed by atoms with Crippen LogP contribution in [-0.2, 0) is 14.3 Å². The average Bonchev–Trinajstić information content (AvgIpc) is 2.38. The highest BCUT2D eigenvalue weighted by Gasteiger charge is 2.18. The summed E-state index contributed by atoms with van der Waals surface area (Å²) in [5, 5.41) is 2.37. The molecule has 1 atom stereocenters. The molecule has 0 radical (unpaired) electrons. The standard InChI is InChI=1S/C12H14ClNO3S/c1-2-17-12(16)11(13)14-10(15)8-18-9-6-4-3-5-7-9/h3-7,11H,2,8H2,1H3,(H,14,15). The molecule has 6 heteroatoms. The van der Waals surface area contributed by atoms with Gasteiger partial charge in [-0.3, -0.25) is 4.79 Å². The Morgan fingerprint density at radius 2 is 2.06 bits per heavy atom. The lowest BCUT2D eigenvalue weighted by atomic mass is 10.4. The Morgan fingerprint density at radius 3 is 2.67 bits per heavy atom. The predicted molar refractivity (Wildman–Crippen MR) is 71.6 cm³/mol. The molecule has 0 saturated heterocycles. The van der Waals surface area contributed by atoms with Gasteiger partial charge in [0, 0.05) is 4.90 Å². The number of ether oxygens (including phenoxy) is 1. The Bertz CT molecular complexity index is 400. The number of amides is 1. The lowest BCUT2D eigenvalue weighted by molar-refractivity contribution is -0.144. The lowest BCUT2D eigenvalue weighted by Gasteiger charge is -2.10. The van der Waals surface area contributed by atoms with E-state index in [4.69, 9.17) is 11.6 Å². The van der Waals surface area contributed by atoms with Gasteiger partial charge in [0.05, 0.1) is 12.4 Å². The number of esters is 1. The smallest absolute Gasteiger partial charge is 0.344 e. The van der Waals surface area contributed by atoms with Crippen molar-refractivity contribution >= 4 is 35.2 Å². The zero-order chi connectivity index (χ0) is 13.4. The molecule has 1 amide bonds. The fourth-order valence-corrected chi connectivity index (χ4v) is 2.04. The van der Waals surface area contributed by atoms with E-state index in [-0.39, 0.29) is 18.3 Å². The third-order valence-electron chi connectivity index (χ3n) is 1.89. The molecule has 0 aliphatic rings. The molecule has 0 spiro atoms. The third kappa shape index (κ3) is 5.42. The molecule has 1 aromatic carbocycles. The molecule has 0 aliphatic carbocycles. The fourth-order valence-electron chi connectivity index (χ4n) is 1.12. The first kappa shape index (κ1) is 14.9. The molecule has 18 heavy (non-hydrogen) atoms. The van der Waals surface area contributed by atoms with Crippen molar-refractivity contribution in [3.05, 3.63) is 30.3 Å². The number of hydrogen-bond donors (Lipinski definition) is 1. The minimum Gasteiger partial charge on any atom is -0.464 e. The highest BCUT2D eigenvalue weighted by atomic mass is 35.5. The van der Waals surface area contributed by atoms with Crippen molar-refractivity contribution in [3.63, 3.8) is 0 Å². The fraction of sp³-hybridized carbons (Fsp3) is 0.333. The van der Waals surface area contributed by atoms with Crippen molar-refractivity contribution in [1.82, 2.24) is 5.32 Å². The van der Waals surface area contributed by atoms with Crippen molar-refractivity contribution < 1.29 is 14.3 Å². The van der Waals surface area contributed by atoms with E-state index < -0.39 is 11.5 Å². The van der Waals surface area contributed by atoms with Crippen molar-refractivity contribution in [2.45, 2.75) is 17.3 Å². The monoisotopic (exact) mass is 287 g/mol. The molecular weight excluding hydrogens is 274 g/mol. The van der Waals surface area contributed by atoms with Crippen LogP contribution in [0.3, 0.4) is 0 Å². The van der Waals surface area contributed by atoms with Crippen molar-refractivity contribution in [2.24, 2.45) is 0 Å². The number of carbonyl (C=O) groups is 2. The Hall–Kier alpha value is -1.20. The van der Waals surface area contributed by atoms with Gasteiger partial charge in [-0.15, -0.1) is 11.8 Å². The molecule has 0 heterocycles. The Balaban J connectivity index is 2.31. The molecule has 4 nitrogen and oxygen atoms in total. The van der Waals surface area contributed by atoms with Crippen LogP contribution in [0.4, 0.5) is 0 Å². The number of nitrogens with one attached hydrogen (secondary N) is 1. The number of benzene rings is 1. The summed E-state index contributed by atoms with van der Waals surface area (Å²) >= 11 is 7.04. The van der Waals surface area contributed by atoms with E-state index in [1.165, 1.54) is 11.8 Å². The Morgan fingerprint density at radius 1 is 1.39 bits per heavy atom. The number of hydrogen-bond acceptors (Lipinski definition) is 4. The van der Waals surface area contributed by atoms with E-state index in [0.29, 0.717) is 0 Å². The summed E-state index contributed by atoms with van der Waals surface area (Å²) in [6, 6.07) is 9.50. The van der Waals surface area contributed by atoms with Crippen LogP contribution in [0.15, 0.2) is 35.2 Å². The van der Waals surface area contributed by atoms with Gasteiger partial charge >= 0.3 is 5.97 Å². The SMILES string of the molecule is CCOC(=O)C(Cl)NC(=O)CSc1ccccc1. The van der Waals surface area contributed by atoms with Crippen LogP contribution in [0, 0.1) is 0 Å². The Labute approximate surface area is 115 Å². The van der Waals surface area contributed by atoms with Crippen LogP contribution in [0.2, 0.25) is 0 Å². The second-order valence-electron chi connectivity index (χ2n) is 3.28. The normalized spacial score (nSPS) is 11.7. The van der Waals surface area contributed by atoms with Gasteiger partial charge in [0.1, 0.15) is 0 Å². The number of halogens is 1. The van der Waals surface area contributed by atoms with E-state index in [0.717, 1.165) is 4.90 Å². The molecule has 1 aromatic rings. The zero-order valence-corrected chi connectivity index (χ0v) is 11.5.